The number of allylic oxidation sites excluding steroid dienone is 2. The van der Waals surface area contributed by atoms with Crippen LogP contribution < -0.4 is 15.5 Å². The van der Waals surface area contributed by atoms with E-state index in [1.54, 1.807) is 60.7 Å². The van der Waals surface area contributed by atoms with Gasteiger partial charge in [0.2, 0.25) is 11.8 Å². The van der Waals surface area contributed by atoms with E-state index in [-0.39, 0.29) is 35.5 Å². The lowest BCUT2D eigenvalue weighted by Crippen LogP contribution is -2.30. The second-order valence-corrected chi connectivity index (χ2v) is 9.61. The third-order valence-corrected chi connectivity index (χ3v) is 6.93. The second-order valence-electron chi connectivity index (χ2n) is 9.61. The smallest absolute Gasteiger partial charge is 0.255 e. The zero-order valence-electron chi connectivity index (χ0n) is 20.7. The zero-order chi connectivity index (χ0) is 26.1. The molecule has 1 aliphatic heterocycles. The molecule has 1 heterocycles. The summed E-state index contributed by atoms with van der Waals surface area (Å²) in [6.07, 6.45) is 3.24. The third-order valence-electron chi connectivity index (χ3n) is 6.93. The molecule has 0 aromatic heterocycles. The number of rotatable bonds is 5. The van der Waals surface area contributed by atoms with Crippen molar-refractivity contribution < 1.29 is 19.2 Å². The van der Waals surface area contributed by atoms with Crippen molar-refractivity contribution in [2.24, 2.45) is 11.8 Å². The fraction of sp³-hybridized carbons (Fsp3) is 0.200. The van der Waals surface area contributed by atoms with Gasteiger partial charge in [-0.3, -0.25) is 24.1 Å². The van der Waals surface area contributed by atoms with Crippen LogP contribution in [0.2, 0.25) is 0 Å². The predicted octanol–water partition coefficient (Wildman–Crippen LogP) is 5.35. The summed E-state index contributed by atoms with van der Waals surface area (Å²) in [4.78, 5) is 52.2. The molecule has 186 valence electrons. The number of hydrogen-bond acceptors (Lipinski definition) is 4. The molecular weight excluding hydrogens is 466 g/mol. The number of hydrogen-bond donors (Lipinski definition) is 2. The van der Waals surface area contributed by atoms with Gasteiger partial charge in [-0.05, 0) is 87.4 Å². The van der Waals surface area contributed by atoms with Crippen LogP contribution in [0.15, 0.2) is 84.4 Å². The largest absolute Gasteiger partial charge is 0.322 e. The Bertz CT molecular complexity index is 1410. The number of fused-ring (bicyclic) bond motifs is 1. The molecule has 0 spiro atoms. The fourth-order valence-corrected chi connectivity index (χ4v) is 4.80. The second kappa shape index (κ2) is 9.85. The number of benzene rings is 3. The van der Waals surface area contributed by atoms with Gasteiger partial charge in [0.1, 0.15) is 0 Å². The van der Waals surface area contributed by atoms with E-state index < -0.39 is 0 Å². The van der Waals surface area contributed by atoms with Crippen LogP contribution in [-0.4, -0.2) is 23.6 Å². The first kappa shape index (κ1) is 24.2. The van der Waals surface area contributed by atoms with Crippen LogP contribution in [0.4, 0.5) is 17.1 Å². The molecule has 3 aromatic rings. The van der Waals surface area contributed by atoms with Crippen molar-refractivity contribution in [2.75, 3.05) is 15.5 Å². The minimum absolute atomic E-state index is 0.172. The first-order valence-corrected chi connectivity index (χ1v) is 12.2. The van der Waals surface area contributed by atoms with Crippen LogP contribution in [0.1, 0.15) is 46.0 Å². The van der Waals surface area contributed by atoms with Crippen LogP contribution >= 0.6 is 0 Å². The maximum absolute atomic E-state index is 12.9. The van der Waals surface area contributed by atoms with Crippen molar-refractivity contribution in [3.05, 3.63) is 101 Å². The van der Waals surface area contributed by atoms with Gasteiger partial charge in [-0.2, -0.15) is 0 Å². The average Bonchev–Trinajstić information content (AvgIpc) is 3.14. The minimum atomic E-state index is -0.324. The maximum Gasteiger partial charge on any atom is 0.255 e. The van der Waals surface area contributed by atoms with E-state index in [4.69, 9.17) is 0 Å². The van der Waals surface area contributed by atoms with Gasteiger partial charge < -0.3 is 10.6 Å². The number of carbonyl (C=O) groups is 4. The Morgan fingerprint density at radius 1 is 0.703 bits per heavy atom. The number of amides is 4. The number of nitrogens with one attached hydrogen (secondary N) is 2. The van der Waals surface area contributed by atoms with Crippen molar-refractivity contribution in [3.8, 4) is 0 Å². The minimum Gasteiger partial charge on any atom is -0.322 e. The van der Waals surface area contributed by atoms with E-state index >= 15 is 0 Å². The molecule has 2 atom stereocenters. The molecular formula is C30H27N3O4. The SMILES string of the molecule is CC1=CC[C@H]2C(=O)N(c3ccc(C(=O)Nc4ccc(NC(=O)c5ccc(C)cc5)cc4)cc3)C(=O)[C@H]2C1. The highest BCUT2D eigenvalue weighted by Gasteiger charge is 2.48. The Balaban J connectivity index is 1.21. The molecule has 0 saturated carbocycles. The summed E-state index contributed by atoms with van der Waals surface area (Å²) in [5, 5.41) is 5.66. The summed E-state index contributed by atoms with van der Waals surface area (Å²) < 4.78 is 0. The molecule has 2 aliphatic rings. The molecule has 0 bridgehead atoms. The lowest BCUT2D eigenvalue weighted by Gasteiger charge is -2.18. The first-order valence-electron chi connectivity index (χ1n) is 12.2. The first-order chi connectivity index (χ1) is 17.8. The van der Waals surface area contributed by atoms with Gasteiger partial charge in [0.05, 0.1) is 17.5 Å². The standard InChI is InChI=1S/C30H27N3O4/c1-18-3-6-20(7-4-18)27(34)31-22-10-12-23(13-11-22)32-28(35)21-8-14-24(15-9-21)33-29(36)25-16-5-19(2)17-26(25)30(33)37/h3-15,25-26H,16-17H2,1-2H3,(H,31,34)(H,32,35)/t25-,26+/m1/s1. The molecule has 37 heavy (non-hydrogen) atoms. The number of aryl methyl sites for hydroxylation is 1. The lowest BCUT2D eigenvalue weighted by atomic mass is 9.82. The molecule has 7 nitrogen and oxygen atoms in total. The van der Waals surface area contributed by atoms with E-state index in [2.05, 4.69) is 10.6 Å². The summed E-state index contributed by atoms with van der Waals surface area (Å²) in [5.74, 6) is -1.48. The summed E-state index contributed by atoms with van der Waals surface area (Å²) >= 11 is 0. The molecule has 1 fully saturated rings. The van der Waals surface area contributed by atoms with E-state index in [1.165, 1.54) is 4.90 Å². The Labute approximate surface area is 215 Å². The molecule has 1 aliphatic carbocycles. The Kier molecular flexibility index (Phi) is 6.44. The molecule has 4 amide bonds. The Morgan fingerprint density at radius 3 is 1.73 bits per heavy atom. The molecule has 2 N–H and O–H groups in total. The molecule has 1 saturated heterocycles. The normalized spacial score (nSPS) is 18.8. The van der Waals surface area contributed by atoms with E-state index in [0.717, 1.165) is 11.1 Å². The van der Waals surface area contributed by atoms with E-state index in [0.29, 0.717) is 41.0 Å². The highest BCUT2D eigenvalue weighted by molar-refractivity contribution is 6.22. The number of nitrogens with zero attached hydrogens (tertiary/aromatic N) is 1. The van der Waals surface area contributed by atoms with Crippen LogP contribution in [-0.2, 0) is 9.59 Å². The number of imide groups is 1. The predicted molar refractivity (Wildman–Crippen MR) is 142 cm³/mol. The van der Waals surface area contributed by atoms with Gasteiger partial charge in [-0.1, -0.05) is 29.3 Å². The van der Waals surface area contributed by atoms with Gasteiger partial charge in [-0.15, -0.1) is 0 Å². The Morgan fingerprint density at radius 2 is 1.19 bits per heavy atom. The van der Waals surface area contributed by atoms with E-state index in [9.17, 15) is 19.2 Å². The van der Waals surface area contributed by atoms with E-state index in [1.807, 2.05) is 32.1 Å². The summed E-state index contributed by atoms with van der Waals surface area (Å²) in [6, 6.07) is 20.6. The lowest BCUT2D eigenvalue weighted by molar-refractivity contribution is -0.122. The average molecular weight is 494 g/mol. The Hall–Kier alpha value is -4.52. The van der Waals surface area contributed by atoms with Crippen LogP contribution in [0.3, 0.4) is 0 Å². The monoisotopic (exact) mass is 493 g/mol. The van der Waals surface area contributed by atoms with Gasteiger partial charge in [0.15, 0.2) is 0 Å². The molecule has 7 heteroatoms. The van der Waals surface area contributed by atoms with Gasteiger partial charge in [0.25, 0.3) is 11.8 Å². The fourth-order valence-electron chi connectivity index (χ4n) is 4.80. The summed E-state index contributed by atoms with van der Waals surface area (Å²) in [5.41, 5.74) is 4.83. The molecule has 0 unspecified atom stereocenters. The van der Waals surface area contributed by atoms with Gasteiger partial charge >= 0.3 is 0 Å². The highest BCUT2D eigenvalue weighted by atomic mass is 16.2. The van der Waals surface area contributed by atoms with Crippen molar-refractivity contribution >= 4 is 40.7 Å². The van der Waals surface area contributed by atoms with Crippen molar-refractivity contribution in [3.63, 3.8) is 0 Å². The van der Waals surface area contributed by atoms with Crippen LogP contribution in [0.5, 0.6) is 0 Å². The topological polar surface area (TPSA) is 95.6 Å². The van der Waals surface area contributed by atoms with Crippen molar-refractivity contribution in [2.45, 2.75) is 26.7 Å². The zero-order valence-corrected chi connectivity index (χ0v) is 20.7. The maximum atomic E-state index is 12.9. The number of carbonyl (C=O) groups excluding carboxylic acids is 4. The highest BCUT2D eigenvalue weighted by Crippen LogP contribution is 2.39. The molecule has 5 rings (SSSR count). The number of anilines is 3. The summed E-state index contributed by atoms with van der Waals surface area (Å²) in [6.45, 7) is 3.95. The van der Waals surface area contributed by atoms with Crippen LogP contribution in [0, 0.1) is 18.8 Å². The van der Waals surface area contributed by atoms with Crippen LogP contribution in [0.25, 0.3) is 0 Å². The van der Waals surface area contributed by atoms with Gasteiger partial charge in [0, 0.05) is 22.5 Å². The molecule has 0 radical (unpaired) electrons. The quantitative estimate of drug-likeness (QED) is 0.370. The molecule has 3 aromatic carbocycles. The summed E-state index contributed by atoms with van der Waals surface area (Å²) in [7, 11) is 0. The van der Waals surface area contributed by atoms with Gasteiger partial charge in [-0.25, -0.2) is 0 Å². The third kappa shape index (κ3) is 4.93. The van der Waals surface area contributed by atoms with Crippen molar-refractivity contribution in [1.29, 1.82) is 0 Å². The van der Waals surface area contributed by atoms with Crippen molar-refractivity contribution in [1.82, 2.24) is 0 Å².